The molecule has 0 amide bonds. The molecule has 2 aromatic carbocycles. The molecule has 0 saturated carbocycles. The van der Waals surface area contributed by atoms with Gasteiger partial charge in [-0.25, -0.2) is 0 Å². The van der Waals surface area contributed by atoms with Crippen molar-refractivity contribution in [1.82, 2.24) is 10.2 Å². The number of carbonyl (C=O) groups is 1. The standard InChI is InChI=1S/C26H24F3N3O2/c1-2-32-12-4-3-10-25(32,21-7-5-6-19(14-21)17-33)24-16-31(13-11-30-24)22-9-8-20(18-34)23(15-22)26(27,28)29/h1,3-10,12,14-15,18,24,30,33H,11,13,16-17H2. The number of anilines is 1. The van der Waals surface area contributed by atoms with Crippen LogP contribution in [0.25, 0.3) is 0 Å². The number of halogens is 3. The number of alkyl halides is 3. The van der Waals surface area contributed by atoms with Gasteiger partial charge in [0.1, 0.15) is 5.54 Å². The highest BCUT2D eigenvalue weighted by molar-refractivity contribution is 5.79. The Labute approximate surface area is 196 Å². The number of hydrogen-bond donors (Lipinski definition) is 2. The second kappa shape index (κ2) is 9.37. The quantitative estimate of drug-likeness (QED) is 0.519. The van der Waals surface area contributed by atoms with Crippen LogP contribution in [0.15, 0.2) is 66.9 Å². The van der Waals surface area contributed by atoms with Crippen molar-refractivity contribution in [3.05, 3.63) is 89.1 Å². The number of allylic oxidation sites excluding steroid dienone is 2. The number of piperazine rings is 1. The van der Waals surface area contributed by atoms with Gasteiger partial charge in [0.15, 0.2) is 6.29 Å². The first kappa shape index (κ1) is 23.6. The minimum Gasteiger partial charge on any atom is -0.392 e. The van der Waals surface area contributed by atoms with Gasteiger partial charge in [-0.1, -0.05) is 42.8 Å². The minimum absolute atomic E-state index is 0.132. The predicted molar refractivity (Wildman–Crippen MR) is 124 cm³/mol. The first-order valence-corrected chi connectivity index (χ1v) is 10.8. The lowest BCUT2D eigenvalue weighted by Crippen LogP contribution is -2.63. The Bertz CT molecular complexity index is 1170. The number of nitrogens with zero attached hydrogens (tertiary/aromatic N) is 2. The SMILES string of the molecule is C#CN1C=CC=CC1(c1cccc(CO)c1)C1CN(c2ccc(C=O)c(C(F)(F)F)c2)CCN1. The molecule has 2 aromatic rings. The number of aliphatic hydroxyl groups excluding tert-OH is 1. The summed E-state index contributed by atoms with van der Waals surface area (Å²) in [7, 11) is 0. The van der Waals surface area contributed by atoms with Crippen LogP contribution in [0.2, 0.25) is 0 Å². The predicted octanol–water partition coefficient (Wildman–Crippen LogP) is 3.66. The monoisotopic (exact) mass is 467 g/mol. The van der Waals surface area contributed by atoms with Crippen LogP contribution in [0.5, 0.6) is 0 Å². The van der Waals surface area contributed by atoms with Crippen molar-refractivity contribution >= 4 is 12.0 Å². The first-order chi connectivity index (χ1) is 16.3. The van der Waals surface area contributed by atoms with Crippen LogP contribution in [-0.2, 0) is 18.3 Å². The van der Waals surface area contributed by atoms with E-state index in [-0.39, 0.29) is 24.5 Å². The van der Waals surface area contributed by atoms with E-state index >= 15 is 0 Å². The van der Waals surface area contributed by atoms with E-state index in [0.29, 0.717) is 25.3 Å². The van der Waals surface area contributed by atoms with Gasteiger partial charge in [-0.15, -0.1) is 0 Å². The Morgan fingerprint density at radius 3 is 2.76 bits per heavy atom. The number of hydrogen-bond acceptors (Lipinski definition) is 5. The molecule has 2 N–H and O–H groups in total. The average molecular weight is 467 g/mol. The lowest BCUT2D eigenvalue weighted by atomic mass is 9.78. The number of terminal acetylenes is 1. The Morgan fingerprint density at radius 1 is 1.24 bits per heavy atom. The second-order valence-electron chi connectivity index (χ2n) is 8.22. The van der Waals surface area contributed by atoms with Gasteiger partial charge in [0.05, 0.1) is 18.2 Å². The zero-order chi connectivity index (χ0) is 24.3. The highest BCUT2D eigenvalue weighted by atomic mass is 19.4. The van der Waals surface area contributed by atoms with E-state index in [2.05, 4.69) is 11.4 Å². The summed E-state index contributed by atoms with van der Waals surface area (Å²) in [6.07, 6.45) is 8.94. The van der Waals surface area contributed by atoms with Crippen LogP contribution in [0.3, 0.4) is 0 Å². The molecule has 4 rings (SSSR count). The summed E-state index contributed by atoms with van der Waals surface area (Å²) in [5.41, 5.74) is -0.215. The Kier molecular flexibility index (Phi) is 6.51. The number of benzene rings is 2. The molecule has 5 nitrogen and oxygen atoms in total. The fourth-order valence-corrected chi connectivity index (χ4v) is 4.70. The number of carbonyl (C=O) groups excluding carboxylic acids is 1. The Hall–Kier alpha value is -3.54. The number of aldehydes is 1. The van der Waals surface area contributed by atoms with Crippen molar-refractivity contribution in [3.8, 4) is 12.5 Å². The van der Waals surface area contributed by atoms with Gasteiger partial charge in [-0.2, -0.15) is 13.2 Å². The van der Waals surface area contributed by atoms with Gasteiger partial charge in [0.25, 0.3) is 0 Å². The van der Waals surface area contributed by atoms with Gasteiger partial charge < -0.3 is 15.3 Å². The Balaban J connectivity index is 1.75. The number of aliphatic hydroxyl groups is 1. The summed E-state index contributed by atoms with van der Waals surface area (Å²) in [5.74, 6) is 0. The maximum atomic E-state index is 13.5. The number of nitrogens with one attached hydrogen (secondary N) is 1. The second-order valence-corrected chi connectivity index (χ2v) is 8.22. The normalized spacial score (nSPS) is 22.5. The molecule has 34 heavy (non-hydrogen) atoms. The highest BCUT2D eigenvalue weighted by Crippen LogP contribution is 2.39. The van der Waals surface area contributed by atoms with Gasteiger partial charge in [-0.3, -0.25) is 9.69 Å². The summed E-state index contributed by atoms with van der Waals surface area (Å²) in [4.78, 5) is 14.8. The van der Waals surface area contributed by atoms with E-state index in [1.807, 2.05) is 47.4 Å². The van der Waals surface area contributed by atoms with Crippen molar-refractivity contribution in [2.45, 2.75) is 24.4 Å². The molecular formula is C26H24F3N3O2. The maximum absolute atomic E-state index is 13.5. The molecule has 176 valence electrons. The molecule has 0 aliphatic carbocycles. The molecule has 0 radical (unpaired) electrons. The first-order valence-electron chi connectivity index (χ1n) is 10.8. The van der Waals surface area contributed by atoms with Gasteiger partial charge in [0.2, 0.25) is 0 Å². The molecule has 8 heteroatoms. The van der Waals surface area contributed by atoms with E-state index in [4.69, 9.17) is 6.42 Å². The molecule has 2 aliphatic heterocycles. The van der Waals surface area contributed by atoms with Gasteiger partial charge in [0, 0.05) is 43.1 Å². The largest absolute Gasteiger partial charge is 0.417 e. The summed E-state index contributed by atoms with van der Waals surface area (Å²) in [6.45, 7) is 1.22. The highest BCUT2D eigenvalue weighted by Gasteiger charge is 2.45. The summed E-state index contributed by atoms with van der Waals surface area (Å²) >= 11 is 0. The zero-order valence-corrected chi connectivity index (χ0v) is 18.3. The van der Waals surface area contributed by atoms with E-state index in [1.165, 1.54) is 12.1 Å². The molecule has 1 fully saturated rings. The topological polar surface area (TPSA) is 55.8 Å². The van der Waals surface area contributed by atoms with Crippen LogP contribution in [0.1, 0.15) is 27.0 Å². The van der Waals surface area contributed by atoms with Crippen LogP contribution in [0.4, 0.5) is 18.9 Å². The molecule has 2 atom stereocenters. The summed E-state index contributed by atoms with van der Waals surface area (Å²) < 4.78 is 40.6. The Morgan fingerprint density at radius 2 is 2.06 bits per heavy atom. The van der Waals surface area contributed by atoms with E-state index < -0.39 is 17.3 Å². The maximum Gasteiger partial charge on any atom is 0.417 e. The molecule has 0 aromatic heterocycles. The van der Waals surface area contributed by atoms with Crippen molar-refractivity contribution < 1.29 is 23.1 Å². The smallest absolute Gasteiger partial charge is 0.392 e. The third-order valence-corrected chi connectivity index (χ3v) is 6.35. The van der Waals surface area contributed by atoms with Gasteiger partial charge in [-0.05, 0) is 35.4 Å². The molecule has 2 heterocycles. The molecule has 0 spiro atoms. The molecule has 0 bridgehead atoms. The van der Waals surface area contributed by atoms with Crippen LogP contribution < -0.4 is 10.2 Å². The molecule has 2 unspecified atom stereocenters. The van der Waals surface area contributed by atoms with E-state index in [0.717, 1.165) is 17.2 Å². The number of rotatable bonds is 5. The molecule has 1 saturated heterocycles. The van der Waals surface area contributed by atoms with E-state index in [9.17, 15) is 23.1 Å². The zero-order valence-electron chi connectivity index (χ0n) is 18.3. The average Bonchev–Trinajstić information content (AvgIpc) is 2.87. The van der Waals surface area contributed by atoms with Crippen LogP contribution in [-0.4, -0.2) is 42.0 Å². The van der Waals surface area contributed by atoms with Crippen LogP contribution in [0, 0.1) is 12.5 Å². The summed E-state index contributed by atoms with van der Waals surface area (Å²) in [6, 6.07) is 13.7. The summed E-state index contributed by atoms with van der Waals surface area (Å²) in [5, 5.41) is 13.2. The lowest BCUT2D eigenvalue weighted by molar-refractivity contribution is -0.137. The molecule has 2 aliphatic rings. The fourth-order valence-electron chi connectivity index (χ4n) is 4.70. The van der Waals surface area contributed by atoms with Crippen LogP contribution >= 0.6 is 0 Å². The third kappa shape index (κ3) is 4.20. The van der Waals surface area contributed by atoms with E-state index in [1.54, 1.807) is 11.1 Å². The van der Waals surface area contributed by atoms with Crippen molar-refractivity contribution in [1.29, 1.82) is 0 Å². The van der Waals surface area contributed by atoms with Crippen molar-refractivity contribution in [2.75, 3.05) is 24.5 Å². The molecular weight excluding hydrogens is 443 g/mol. The fraction of sp³-hybridized carbons (Fsp3) is 0.269. The third-order valence-electron chi connectivity index (χ3n) is 6.35. The van der Waals surface area contributed by atoms with Crippen molar-refractivity contribution in [2.24, 2.45) is 0 Å². The minimum atomic E-state index is -4.64. The van der Waals surface area contributed by atoms with Crippen molar-refractivity contribution in [3.63, 3.8) is 0 Å². The van der Waals surface area contributed by atoms with Gasteiger partial charge >= 0.3 is 6.18 Å². The lowest BCUT2D eigenvalue weighted by Gasteiger charge is -2.49.